The minimum absolute atomic E-state index is 0.0363. The van der Waals surface area contributed by atoms with Crippen molar-refractivity contribution < 1.29 is 14.6 Å². The lowest BCUT2D eigenvalue weighted by atomic mass is 9.66. The van der Waals surface area contributed by atoms with E-state index in [4.69, 9.17) is 4.74 Å². The molecule has 0 aliphatic carbocycles. The number of fused-ring (bicyclic) bond motifs is 3. The molecule has 3 aliphatic heterocycles. The highest BCUT2D eigenvalue weighted by atomic mass is 16.5. The van der Waals surface area contributed by atoms with Crippen molar-refractivity contribution in [2.75, 3.05) is 20.2 Å². The van der Waals surface area contributed by atoms with Crippen LogP contribution in [0, 0.1) is 18.8 Å². The summed E-state index contributed by atoms with van der Waals surface area (Å²) in [5, 5.41) is 13.9. The van der Waals surface area contributed by atoms with Crippen LogP contribution < -0.4 is 10.1 Å². The highest BCUT2D eigenvalue weighted by molar-refractivity contribution is 5.71. The second-order valence-electron chi connectivity index (χ2n) is 9.90. The van der Waals surface area contributed by atoms with Gasteiger partial charge in [-0.15, -0.1) is 0 Å². The van der Waals surface area contributed by atoms with Gasteiger partial charge in [0.2, 0.25) is 0 Å². The van der Waals surface area contributed by atoms with Crippen LogP contribution in [0.25, 0.3) is 0 Å². The Morgan fingerprint density at radius 2 is 1.71 bits per heavy atom. The zero-order valence-corrected chi connectivity index (χ0v) is 20.4. The van der Waals surface area contributed by atoms with Crippen LogP contribution in [0.4, 0.5) is 0 Å². The molecular formula is C30H34N2O3. The van der Waals surface area contributed by atoms with Gasteiger partial charge in [-0.2, -0.15) is 0 Å². The molecule has 5 atom stereocenters. The number of hydrogen-bond acceptors (Lipinski definition) is 4. The Balaban J connectivity index is 1.54. The summed E-state index contributed by atoms with van der Waals surface area (Å²) in [5.74, 6) is 0.0385. The number of methoxy groups -OCH3 is 1. The van der Waals surface area contributed by atoms with E-state index in [9.17, 15) is 9.90 Å². The molecule has 3 aromatic rings. The van der Waals surface area contributed by atoms with E-state index >= 15 is 0 Å². The number of nitrogens with zero attached hydrogens (tertiary/aromatic N) is 1. The van der Waals surface area contributed by atoms with Crippen LogP contribution in [0.3, 0.4) is 0 Å². The van der Waals surface area contributed by atoms with Gasteiger partial charge in [0, 0.05) is 36.7 Å². The van der Waals surface area contributed by atoms with Crippen molar-refractivity contribution >= 4 is 5.97 Å². The number of aliphatic carboxylic acids is 1. The molecule has 3 saturated heterocycles. The molecular weight excluding hydrogens is 436 g/mol. The molecule has 2 N–H and O–H groups in total. The molecule has 6 rings (SSSR count). The summed E-state index contributed by atoms with van der Waals surface area (Å²) in [6.07, 6.45) is 0.895. The first-order valence-corrected chi connectivity index (χ1v) is 12.5. The molecule has 182 valence electrons. The zero-order chi connectivity index (χ0) is 24.4. The van der Waals surface area contributed by atoms with E-state index in [1.165, 1.54) is 16.7 Å². The Bertz CT molecular complexity index is 1110. The molecule has 0 spiro atoms. The van der Waals surface area contributed by atoms with E-state index in [1.54, 1.807) is 7.11 Å². The molecule has 5 heteroatoms. The standard InChI is InChI=1S/C30H34N2O3/c1-20-13-14-26(35-2)23(17-20)18-31-28-24-15-16-32(19-25(24)30(33)34)29(28)27(21-9-5-3-6-10-21)22-11-7-4-8-12-22/h3-14,17,24-25,27-29,31H,15-16,18-19H2,1-2H3,(H,33,34)/t24-,25-,28-,29-/m0/s1. The fourth-order valence-electron chi connectivity index (χ4n) is 6.31. The average Bonchev–Trinajstić information content (AvgIpc) is 2.89. The molecule has 35 heavy (non-hydrogen) atoms. The molecule has 3 fully saturated rings. The average molecular weight is 471 g/mol. The van der Waals surface area contributed by atoms with Crippen molar-refractivity contribution in [2.24, 2.45) is 11.8 Å². The molecule has 3 aliphatic rings. The monoisotopic (exact) mass is 470 g/mol. The highest BCUT2D eigenvalue weighted by Crippen LogP contribution is 2.44. The lowest BCUT2D eigenvalue weighted by molar-refractivity contribution is -0.152. The van der Waals surface area contributed by atoms with Gasteiger partial charge in [-0.3, -0.25) is 9.69 Å². The third-order valence-corrected chi connectivity index (χ3v) is 7.89. The van der Waals surface area contributed by atoms with E-state index in [0.717, 1.165) is 24.3 Å². The Kier molecular flexibility index (Phi) is 6.89. The van der Waals surface area contributed by atoms with Crippen LogP contribution in [-0.2, 0) is 11.3 Å². The number of rotatable bonds is 8. The second kappa shape index (κ2) is 10.2. The molecule has 3 aromatic carbocycles. The molecule has 3 heterocycles. The van der Waals surface area contributed by atoms with Crippen LogP contribution in [0.2, 0.25) is 0 Å². The van der Waals surface area contributed by atoms with Crippen LogP contribution >= 0.6 is 0 Å². The van der Waals surface area contributed by atoms with Crippen molar-refractivity contribution in [1.29, 1.82) is 0 Å². The Morgan fingerprint density at radius 3 is 2.31 bits per heavy atom. The van der Waals surface area contributed by atoms with Crippen LogP contribution in [0.5, 0.6) is 5.75 Å². The number of hydrogen-bond donors (Lipinski definition) is 2. The summed E-state index contributed by atoms with van der Waals surface area (Å²) >= 11 is 0. The quantitative estimate of drug-likeness (QED) is 0.500. The number of ether oxygens (including phenoxy) is 1. The molecule has 0 radical (unpaired) electrons. The van der Waals surface area contributed by atoms with Gasteiger partial charge in [-0.1, -0.05) is 78.4 Å². The number of benzene rings is 3. The number of nitrogens with one attached hydrogen (secondary N) is 1. The van der Waals surface area contributed by atoms with E-state index in [2.05, 4.69) is 89.9 Å². The highest BCUT2D eigenvalue weighted by Gasteiger charge is 2.52. The SMILES string of the molecule is COc1ccc(C)cc1CN[C@H]1[C@H]2CCN(C[C@@H]2C(=O)O)[C@H]1C(c1ccccc1)c1ccccc1. The minimum Gasteiger partial charge on any atom is -0.496 e. The first kappa shape index (κ1) is 23.6. The van der Waals surface area contributed by atoms with Crippen LogP contribution in [0.15, 0.2) is 78.9 Å². The van der Waals surface area contributed by atoms with Crippen LogP contribution in [0.1, 0.15) is 34.6 Å². The molecule has 0 amide bonds. The number of carboxylic acids is 1. The van der Waals surface area contributed by atoms with E-state index in [-0.39, 0.29) is 29.8 Å². The molecule has 5 nitrogen and oxygen atoms in total. The number of piperidine rings is 3. The summed E-state index contributed by atoms with van der Waals surface area (Å²) in [6, 6.07) is 27.7. The predicted octanol–water partition coefficient (Wildman–Crippen LogP) is 4.70. The normalized spacial score (nSPS) is 25.5. The van der Waals surface area contributed by atoms with Gasteiger partial charge < -0.3 is 15.2 Å². The Hall–Kier alpha value is -3.15. The summed E-state index contributed by atoms with van der Waals surface area (Å²) in [5.41, 5.74) is 4.82. The smallest absolute Gasteiger partial charge is 0.308 e. The third-order valence-electron chi connectivity index (χ3n) is 7.89. The molecule has 1 unspecified atom stereocenters. The fraction of sp³-hybridized carbons (Fsp3) is 0.367. The maximum Gasteiger partial charge on any atom is 0.308 e. The summed E-state index contributed by atoms with van der Waals surface area (Å²) in [6.45, 7) is 4.26. The fourth-order valence-corrected chi connectivity index (χ4v) is 6.31. The van der Waals surface area contributed by atoms with Crippen molar-refractivity contribution in [3.63, 3.8) is 0 Å². The number of carboxylic acid groups (broad SMARTS) is 1. The maximum absolute atomic E-state index is 12.3. The summed E-state index contributed by atoms with van der Waals surface area (Å²) in [7, 11) is 1.70. The van der Waals surface area contributed by atoms with Gasteiger partial charge in [0.25, 0.3) is 0 Å². The van der Waals surface area contributed by atoms with Gasteiger partial charge >= 0.3 is 5.97 Å². The van der Waals surface area contributed by atoms with E-state index in [1.807, 2.05) is 6.07 Å². The Morgan fingerprint density at radius 1 is 1.06 bits per heavy atom. The van der Waals surface area contributed by atoms with Gasteiger partial charge in [0.05, 0.1) is 13.0 Å². The van der Waals surface area contributed by atoms with Crippen molar-refractivity contribution in [3.05, 3.63) is 101 Å². The van der Waals surface area contributed by atoms with Crippen molar-refractivity contribution in [1.82, 2.24) is 10.2 Å². The molecule has 0 aromatic heterocycles. The van der Waals surface area contributed by atoms with Gasteiger partial charge in [0.1, 0.15) is 5.75 Å². The van der Waals surface area contributed by atoms with Crippen LogP contribution in [-0.4, -0.2) is 48.3 Å². The number of aryl methyl sites for hydroxylation is 1. The number of carbonyl (C=O) groups is 1. The van der Waals surface area contributed by atoms with Gasteiger partial charge in [0.15, 0.2) is 0 Å². The molecule has 0 saturated carbocycles. The second-order valence-corrected chi connectivity index (χ2v) is 9.90. The predicted molar refractivity (Wildman–Crippen MR) is 138 cm³/mol. The molecule has 2 bridgehead atoms. The zero-order valence-electron chi connectivity index (χ0n) is 20.4. The lowest BCUT2D eigenvalue weighted by Crippen LogP contribution is -2.68. The largest absolute Gasteiger partial charge is 0.496 e. The van der Waals surface area contributed by atoms with E-state index in [0.29, 0.717) is 13.1 Å². The summed E-state index contributed by atoms with van der Waals surface area (Å²) in [4.78, 5) is 14.7. The van der Waals surface area contributed by atoms with Crippen molar-refractivity contribution in [3.8, 4) is 5.75 Å². The third kappa shape index (κ3) is 4.71. The topological polar surface area (TPSA) is 61.8 Å². The first-order valence-electron chi connectivity index (χ1n) is 12.5. The maximum atomic E-state index is 12.3. The lowest BCUT2D eigenvalue weighted by Gasteiger charge is -2.56. The first-order chi connectivity index (χ1) is 17.1. The Labute approximate surface area is 207 Å². The van der Waals surface area contributed by atoms with E-state index < -0.39 is 5.97 Å². The van der Waals surface area contributed by atoms with Gasteiger partial charge in [-0.25, -0.2) is 0 Å². The van der Waals surface area contributed by atoms with Gasteiger partial charge in [-0.05, 0) is 43.0 Å². The summed E-state index contributed by atoms with van der Waals surface area (Å²) < 4.78 is 5.63. The van der Waals surface area contributed by atoms with Crippen molar-refractivity contribution in [2.45, 2.75) is 37.9 Å². The minimum atomic E-state index is -0.686.